The second-order valence-corrected chi connectivity index (χ2v) is 3.02. The molecule has 2 heterocycles. The summed E-state index contributed by atoms with van der Waals surface area (Å²) >= 11 is 5.76. The quantitative estimate of drug-likeness (QED) is 0.589. The number of halogens is 1. The molecule has 0 N–H and O–H groups in total. The van der Waals surface area contributed by atoms with Gasteiger partial charge in [-0.1, -0.05) is 11.6 Å². The van der Waals surface area contributed by atoms with Crippen LogP contribution in [-0.2, 0) is 7.05 Å². The molecular weight excluding hydrogens is 190 g/mol. The zero-order valence-electron chi connectivity index (χ0n) is 6.86. The van der Waals surface area contributed by atoms with Crippen LogP contribution in [0.3, 0.4) is 0 Å². The molecule has 0 aliphatic heterocycles. The topological polar surface area (TPSA) is 47.8 Å². The smallest absolute Gasteiger partial charge is 0.261 e. The molecule has 2 aromatic rings. The predicted molar refractivity (Wildman–Crippen MR) is 49.8 cm³/mol. The molecule has 66 valence electrons. The maximum atomic E-state index is 11.5. The third kappa shape index (κ3) is 1.19. The van der Waals surface area contributed by atoms with Gasteiger partial charge < -0.3 is 4.57 Å². The summed E-state index contributed by atoms with van der Waals surface area (Å²) in [5, 5.41) is 0.750. The highest BCUT2D eigenvalue weighted by atomic mass is 35.5. The fraction of sp³-hybridized carbons (Fsp3) is 0.125. The molecule has 0 saturated carbocycles. The number of aromatic nitrogens is 3. The van der Waals surface area contributed by atoms with Gasteiger partial charge in [-0.2, -0.15) is 0 Å². The van der Waals surface area contributed by atoms with Gasteiger partial charge in [0, 0.05) is 13.2 Å². The molecule has 0 atom stereocenters. The van der Waals surface area contributed by atoms with Gasteiger partial charge in [-0.15, -0.1) is 0 Å². The van der Waals surface area contributed by atoms with Gasteiger partial charge in [-0.3, -0.25) is 4.79 Å². The molecule has 0 saturated heterocycles. The van der Waals surface area contributed by atoms with Crippen LogP contribution in [0.15, 0.2) is 23.4 Å². The van der Waals surface area contributed by atoms with Crippen LogP contribution in [0, 0.1) is 0 Å². The van der Waals surface area contributed by atoms with E-state index >= 15 is 0 Å². The summed E-state index contributed by atoms with van der Waals surface area (Å²) in [6, 6.07) is 1.61. The van der Waals surface area contributed by atoms with E-state index in [1.54, 1.807) is 13.1 Å². The molecule has 0 aromatic carbocycles. The summed E-state index contributed by atoms with van der Waals surface area (Å²) in [5.41, 5.74) is 0.335. The molecule has 0 fully saturated rings. The lowest BCUT2D eigenvalue weighted by Gasteiger charge is -1.99. The summed E-state index contributed by atoms with van der Waals surface area (Å²) in [4.78, 5) is 19.4. The van der Waals surface area contributed by atoms with E-state index in [-0.39, 0.29) is 10.7 Å². The monoisotopic (exact) mass is 195 g/mol. The normalized spacial score (nSPS) is 10.6. The molecule has 0 aliphatic carbocycles. The number of rotatable bonds is 0. The van der Waals surface area contributed by atoms with Gasteiger partial charge in [0.05, 0.1) is 11.7 Å². The minimum absolute atomic E-state index is 0.116. The Hall–Kier alpha value is -1.42. The Bertz CT molecular complexity index is 520. The predicted octanol–water partition coefficient (Wildman–Crippen LogP) is 0.982. The molecule has 0 unspecified atom stereocenters. The van der Waals surface area contributed by atoms with Gasteiger partial charge in [0.15, 0.2) is 5.15 Å². The Morgan fingerprint density at radius 2 is 2.23 bits per heavy atom. The number of fused-ring (bicyclic) bond motifs is 1. The van der Waals surface area contributed by atoms with E-state index in [9.17, 15) is 4.79 Å². The minimum Gasteiger partial charge on any atom is -0.302 e. The van der Waals surface area contributed by atoms with Crippen molar-refractivity contribution in [3.63, 3.8) is 0 Å². The SMILES string of the molecule is Cn1cnc2c(Cl)nccc2c1=O. The highest BCUT2D eigenvalue weighted by Gasteiger charge is 2.04. The van der Waals surface area contributed by atoms with Crippen molar-refractivity contribution in [1.82, 2.24) is 14.5 Å². The first-order valence-electron chi connectivity index (χ1n) is 3.66. The van der Waals surface area contributed by atoms with Crippen molar-refractivity contribution >= 4 is 22.5 Å². The number of hydrogen-bond acceptors (Lipinski definition) is 3. The number of pyridine rings is 1. The molecule has 0 radical (unpaired) electrons. The van der Waals surface area contributed by atoms with Crippen molar-refractivity contribution in [3.8, 4) is 0 Å². The summed E-state index contributed by atoms with van der Waals surface area (Å²) in [6.45, 7) is 0. The zero-order chi connectivity index (χ0) is 9.42. The van der Waals surface area contributed by atoms with Crippen molar-refractivity contribution in [3.05, 3.63) is 34.1 Å². The lowest BCUT2D eigenvalue weighted by atomic mass is 10.3. The number of nitrogens with zero attached hydrogens (tertiary/aromatic N) is 3. The summed E-state index contributed by atoms with van der Waals surface area (Å²) in [7, 11) is 1.64. The van der Waals surface area contributed by atoms with Gasteiger partial charge >= 0.3 is 0 Å². The van der Waals surface area contributed by atoms with E-state index in [4.69, 9.17) is 11.6 Å². The van der Waals surface area contributed by atoms with E-state index in [0.29, 0.717) is 10.9 Å². The van der Waals surface area contributed by atoms with Gasteiger partial charge in [-0.25, -0.2) is 9.97 Å². The summed E-state index contributed by atoms with van der Waals surface area (Å²) in [5.74, 6) is 0. The molecule has 5 heteroatoms. The first-order valence-corrected chi connectivity index (χ1v) is 4.04. The third-order valence-electron chi connectivity index (χ3n) is 1.79. The first kappa shape index (κ1) is 8.19. The number of hydrogen-bond donors (Lipinski definition) is 0. The number of aryl methyl sites for hydroxylation is 1. The fourth-order valence-electron chi connectivity index (χ4n) is 1.11. The maximum absolute atomic E-state index is 11.5. The minimum atomic E-state index is -0.116. The van der Waals surface area contributed by atoms with Crippen LogP contribution in [0.1, 0.15) is 0 Å². The zero-order valence-corrected chi connectivity index (χ0v) is 7.62. The lowest BCUT2D eigenvalue weighted by Crippen LogP contribution is -2.16. The van der Waals surface area contributed by atoms with E-state index < -0.39 is 0 Å². The van der Waals surface area contributed by atoms with Crippen LogP contribution in [-0.4, -0.2) is 14.5 Å². The van der Waals surface area contributed by atoms with E-state index in [1.807, 2.05) is 0 Å². The maximum Gasteiger partial charge on any atom is 0.261 e. The lowest BCUT2D eigenvalue weighted by molar-refractivity contribution is 0.842. The van der Waals surface area contributed by atoms with E-state index in [1.165, 1.54) is 17.1 Å². The standard InChI is InChI=1S/C8H6ClN3O/c1-12-4-11-6-5(8(12)13)2-3-10-7(6)9/h2-4H,1H3. The van der Waals surface area contributed by atoms with Crippen molar-refractivity contribution in [2.24, 2.45) is 7.05 Å². The van der Waals surface area contributed by atoms with Gasteiger partial charge in [0.25, 0.3) is 5.56 Å². The van der Waals surface area contributed by atoms with Crippen LogP contribution in [0.25, 0.3) is 10.9 Å². The molecule has 0 spiro atoms. The van der Waals surface area contributed by atoms with E-state index in [2.05, 4.69) is 9.97 Å². The third-order valence-corrected chi connectivity index (χ3v) is 2.07. The van der Waals surface area contributed by atoms with Crippen LogP contribution in [0.5, 0.6) is 0 Å². The van der Waals surface area contributed by atoms with Crippen LogP contribution >= 0.6 is 11.6 Å². The summed E-state index contributed by atoms with van der Waals surface area (Å²) < 4.78 is 1.40. The second kappa shape index (κ2) is 2.81. The van der Waals surface area contributed by atoms with Crippen molar-refractivity contribution < 1.29 is 0 Å². The highest BCUT2D eigenvalue weighted by Crippen LogP contribution is 2.14. The largest absolute Gasteiger partial charge is 0.302 e. The molecule has 0 aliphatic rings. The van der Waals surface area contributed by atoms with Crippen molar-refractivity contribution in [1.29, 1.82) is 0 Å². The molecular formula is C8H6ClN3O. The Balaban J connectivity index is 3.03. The molecule has 2 rings (SSSR count). The Kier molecular flexibility index (Phi) is 1.77. The van der Waals surface area contributed by atoms with Crippen molar-refractivity contribution in [2.75, 3.05) is 0 Å². The van der Waals surface area contributed by atoms with Crippen LogP contribution in [0.4, 0.5) is 0 Å². The van der Waals surface area contributed by atoms with Crippen molar-refractivity contribution in [2.45, 2.75) is 0 Å². The second-order valence-electron chi connectivity index (χ2n) is 2.66. The fourth-order valence-corrected chi connectivity index (χ4v) is 1.32. The Morgan fingerprint density at radius 3 is 3.00 bits per heavy atom. The molecule has 4 nitrogen and oxygen atoms in total. The highest BCUT2D eigenvalue weighted by molar-refractivity contribution is 6.33. The first-order chi connectivity index (χ1) is 6.20. The molecule has 13 heavy (non-hydrogen) atoms. The Morgan fingerprint density at radius 1 is 1.46 bits per heavy atom. The molecule has 2 aromatic heterocycles. The summed E-state index contributed by atoms with van der Waals surface area (Å²) in [6.07, 6.45) is 2.92. The average Bonchev–Trinajstić information content (AvgIpc) is 2.12. The van der Waals surface area contributed by atoms with Gasteiger partial charge in [-0.05, 0) is 6.07 Å². The van der Waals surface area contributed by atoms with E-state index in [0.717, 1.165) is 0 Å². The Labute approximate surface area is 78.8 Å². The van der Waals surface area contributed by atoms with Gasteiger partial charge in [0.1, 0.15) is 5.52 Å². The van der Waals surface area contributed by atoms with Crippen LogP contribution in [0.2, 0.25) is 5.15 Å². The van der Waals surface area contributed by atoms with Gasteiger partial charge in [0.2, 0.25) is 0 Å². The molecule has 0 bridgehead atoms. The van der Waals surface area contributed by atoms with Crippen LogP contribution < -0.4 is 5.56 Å². The molecule has 0 amide bonds. The average molecular weight is 196 g/mol.